The third kappa shape index (κ3) is 6.18. The van der Waals surface area contributed by atoms with Gasteiger partial charge in [-0.3, -0.25) is 0 Å². The lowest BCUT2D eigenvalue weighted by Crippen LogP contribution is -2.34. The van der Waals surface area contributed by atoms with Crippen LogP contribution in [0.2, 0.25) is 0 Å². The molecule has 168 valence electrons. The summed E-state index contributed by atoms with van der Waals surface area (Å²) in [5, 5.41) is 6.66. The Morgan fingerprint density at radius 3 is 1.58 bits per heavy atom. The van der Waals surface area contributed by atoms with Crippen LogP contribution in [0.25, 0.3) is 0 Å². The number of hydrogen-bond acceptors (Lipinski definition) is 2. The van der Waals surface area contributed by atoms with Gasteiger partial charge in [-0.1, -0.05) is 120 Å². The molecule has 4 aromatic rings. The van der Waals surface area contributed by atoms with E-state index in [4.69, 9.17) is 5.73 Å². The molecule has 0 unspecified atom stereocenters. The summed E-state index contributed by atoms with van der Waals surface area (Å²) >= 11 is 0. The van der Waals surface area contributed by atoms with Gasteiger partial charge >= 0.3 is 0 Å². The van der Waals surface area contributed by atoms with Crippen molar-refractivity contribution >= 4 is 18.5 Å². The van der Waals surface area contributed by atoms with Gasteiger partial charge in [0, 0.05) is 12.6 Å². The van der Waals surface area contributed by atoms with Crippen LogP contribution in [0.3, 0.4) is 0 Å². The van der Waals surface area contributed by atoms with Gasteiger partial charge in [0.2, 0.25) is 0 Å². The zero-order chi connectivity index (χ0) is 23.0. The molecule has 2 atom stereocenters. The second kappa shape index (κ2) is 11.4. The van der Waals surface area contributed by atoms with Crippen LogP contribution in [-0.4, -0.2) is 12.7 Å². The van der Waals surface area contributed by atoms with Crippen LogP contribution in [0.15, 0.2) is 109 Å². The van der Waals surface area contributed by atoms with Crippen molar-refractivity contribution in [2.45, 2.75) is 25.9 Å². The first-order valence-electron chi connectivity index (χ1n) is 11.6. The van der Waals surface area contributed by atoms with Gasteiger partial charge in [-0.25, -0.2) is 0 Å². The van der Waals surface area contributed by atoms with E-state index in [0.717, 1.165) is 18.3 Å². The summed E-state index contributed by atoms with van der Waals surface area (Å²) in [7, 11) is -0.452. The SMILES string of the molecule is Cc1ccc(P(CCN[C@@H](c2ccccc2)[C@@H](N)c2ccccc2)c2ccc(C)cc2)cc1. The number of nitrogens with two attached hydrogens (primary N) is 1. The van der Waals surface area contributed by atoms with Crippen molar-refractivity contribution in [1.29, 1.82) is 0 Å². The van der Waals surface area contributed by atoms with Crippen molar-refractivity contribution in [2.75, 3.05) is 12.7 Å². The van der Waals surface area contributed by atoms with Crippen molar-refractivity contribution in [3.05, 3.63) is 131 Å². The highest BCUT2D eigenvalue weighted by Crippen LogP contribution is 2.34. The maximum absolute atomic E-state index is 6.79. The Kier molecular flexibility index (Phi) is 8.07. The Morgan fingerprint density at radius 1 is 0.636 bits per heavy atom. The number of aryl methyl sites for hydroxylation is 2. The van der Waals surface area contributed by atoms with Crippen LogP contribution in [0.5, 0.6) is 0 Å². The Bertz CT molecular complexity index is 1060. The molecule has 0 spiro atoms. The highest BCUT2D eigenvalue weighted by atomic mass is 31.1. The molecule has 0 aliphatic heterocycles. The normalized spacial score (nSPS) is 13.1. The fourth-order valence-corrected chi connectivity index (χ4v) is 6.35. The van der Waals surface area contributed by atoms with Gasteiger partial charge < -0.3 is 11.1 Å². The smallest absolute Gasteiger partial charge is 0.0516 e. The summed E-state index contributed by atoms with van der Waals surface area (Å²) in [6.07, 6.45) is 1.06. The molecule has 0 aliphatic rings. The quantitative estimate of drug-likeness (QED) is 0.317. The summed E-state index contributed by atoms with van der Waals surface area (Å²) in [5.41, 5.74) is 11.8. The first-order chi connectivity index (χ1) is 16.1. The van der Waals surface area contributed by atoms with E-state index in [1.807, 2.05) is 6.07 Å². The van der Waals surface area contributed by atoms with Gasteiger partial charge in [0.05, 0.1) is 6.04 Å². The molecule has 0 radical (unpaired) electrons. The molecular weight excluding hydrogens is 419 g/mol. The van der Waals surface area contributed by atoms with Crippen molar-refractivity contribution < 1.29 is 0 Å². The van der Waals surface area contributed by atoms with Crippen LogP contribution in [0.4, 0.5) is 0 Å². The van der Waals surface area contributed by atoms with Gasteiger partial charge in [-0.15, -0.1) is 0 Å². The van der Waals surface area contributed by atoms with E-state index >= 15 is 0 Å². The van der Waals surface area contributed by atoms with Gasteiger partial charge in [0.1, 0.15) is 0 Å². The molecule has 33 heavy (non-hydrogen) atoms. The molecule has 0 saturated heterocycles. The van der Waals surface area contributed by atoms with Crippen LogP contribution >= 0.6 is 7.92 Å². The summed E-state index contributed by atoms with van der Waals surface area (Å²) in [6, 6.07) is 39.0. The predicted octanol–water partition coefficient (Wildman–Crippen LogP) is 5.77. The summed E-state index contributed by atoms with van der Waals surface area (Å²) in [6.45, 7) is 5.19. The first-order valence-corrected chi connectivity index (χ1v) is 13.1. The van der Waals surface area contributed by atoms with Crippen LogP contribution < -0.4 is 21.7 Å². The van der Waals surface area contributed by atoms with E-state index in [-0.39, 0.29) is 12.1 Å². The predicted molar refractivity (Wildman–Crippen MR) is 144 cm³/mol. The minimum absolute atomic E-state index is 0.0569. The third-order valence-electron chi connectivity index (χ3n) is 6.09. The Morgan fingerprint density at radius 2 is 1.09 bits per heavy atom. The Hall–Kier alpha value is -2.77. The lowest BCUT2D eigenvalue weighted by atomic mass is 9.94. The highest BCUT2D eigenvalue weighted by Gasteiger charge is 2.22. The van der Waals surface area contributed by atoms with E-state index in [9.17, 15) is 0 Å². The number of benzene rings is 4. The lowest BCUT2D eigenvalue weighted by Gasteiger charge is -2.27. The summed E-state index contributed by atoms with van der Waals surface area (Å²) < 4.78 is 0. The highest BCUT2D eigenvalue weighted by molar-refractivity contribution is 7.73. The topological polar surface area (TPSA) is 38.0 Å². The maximum atomic E-state index is 6.79. The van der Waals surface area contributed by atoms with Gasteiger partial charge in [0.25, 0.3) is 0 Å². The monoisotopic (exact) mass is 452 g/mol. The van der Waals surface area contributed by atoms with Crippen molar-refractivity contribution in [2.24, 2.45) is 5.73 Å². The zero-order valence-corrected chi connectivity index (χ0v) is 20.4. The average Bonchev–Trinajstić information content (AvgIpc) is 2.86. The molecule has 0 saturated carbocycles. The van der Waals surface area contributed by atoms with Crippen molar-refractivity contribution in [1.82, 2.24) is 5.32 Å². The molecule has 2 nitrogen and oxygen atoms in total. The summed E-state index contributed by atoms with van der Waals surface area (Å²) in [4.78, 5) is 0. The van der Waals surface area contributed by atoms with Crippen LogP contribution in [-0.2, 0) is 0 Å². The number of rotatable bonds is 9. The third-order valence-corrected chi connectivity index (χ3v) is 8.61. The molecule has 0 aliphatic carbocycles. The van der Waals surface area contributed by atoms with Gasteiger partial charge in [0.15, 0.2) is 0 Å². The van der Waals surface area contributed by atoms with Gasteiger partial charge in [-0.05, 0) is 49.7 Å². The van der Waals surface area contributed by atoms with Crippen LogP contribution in [0, 0.1) is 13.8 Å². The zero-order valence-electron chi connectivity index (χ0n) is 19.5. The minimum atomic E-state index is -0.452. The van der Waals surface area contributed by atoms with Crippen LogP contribution in [0.1, 0.15) is 34.3 Å². The minimum Gasteiger partial charge on any atom is -0.322 e. The lowest BCUT2D eigenvalue weighted by molar-refractivity contribution is 0.466. The van der Waals surface area contributed by atoms with Crippen molar-refractivity contribution in [3.63, 3.8) is 0 Å². The molecular formula is C30H33N2P. The standard InChI is InChI=1S/C30H33N2P/c1-23-13-17-27(18-14-23)33(28-19-15-24(2)16-20-28)22-21-32-30(26-11-7-4-8-12-26)29(31)25-9-5-3-6-10-25/h3-20,29-30,32H,21-22,31H2,1-2H3/t29-,30-/m0/s1. The molecule has 3 N–H and O–H groups in total. The molecule has 0 heterocycles. The second-order valence-electron chi connectivity index (χ2n) is 8.60. The van der Waals surface area contributed by atoms with E-state index in [1.165, 1.54) is 27.3 Å². The average molecular weight is 453 g/mol. The maximum Gasteiger partial charge on any atom is 0.0516 e. The number of hydrogen-bond donors (Lipinski definition) is 2. The fraction of sp³-hybridized carbons (Fsp3) is 0.200. The van der Waals surface area contributed by atoms with E-state index in [1.54, 1.807) is 0 Å². The number of nitrogens with one attached hydrogen (secondary N) is 1. The Balaban J connectivity index is 1.55. The second-order valence-corrected chi connectivity index (χ2v) is 10.9. The van der Waals surface area contributed by atoms with Gasteiger partial charge in [-0.2, -0.15) is 0 Å². The van der Waals surface area contributed by atoms with E-state index in [2.05, 4.69) is 122 Å². The molecule has 4 rings (SSSR count). The summed E-state index contributed by atoms with van der Waals surface area (Å²) in [5.74, 6) is 0. The fourth-order valence-electron chi connectivity index (χ4n) is 4.17. The molecule has 3 heteroatoms. The molecule has 0 fully saturated rings. The first kappa shape index (κ1) is 23.4. The molecule has 4 aromatic carbocycles. The Labute approximate surface area is 199 Å². The molecule has 0 aromatic heterocycles. The molecule has 0 amide bonds. The molecule has 0 bridgehead atoms. The van der Waals surface area contributed by atoms with Crippen molar-refractivity contribution in [3.8, 4) is 0 Å². The largest absolute Gasteiger partial charge is 0.322 e. The van der Waals surface area contributed by atoms with E-state index in [0.29, 0.717) is 0 Å². The van der Waals surface area contributed by atoms with E-state index < -0.39 is 7.92 Å².